The van der Waals surface area contributed by atoms with Crippen LogP contribution in [0, 0.1) is 5.92 Å². The smallest absolute Gasteiger partial charge is 0.144 e. The van der Waals surface area contributed by atoms with E-state index >= 15 is 0 Å². The number of alkyl halides is 1. The lowest BCUT2D eigenvalue weighted by Gasteiger charge is -2.24. The summed E-state index contributed by atoms with van der Waals surface area (Å²) in [7, 11) is 0. The van der Waals surface area contributed by atoms with E-state index in [1.54, 1.807) is 0 Å². The fourth-order valence-electron chi connectivity index (χ4n) is 1.08. The fourth-order valence-corrected chi connectivity index (χ4v) is 1.29. The molecule has 0 aromatic heterocycles. The van der Waals surface area contributed by atoms with Gasteiger partial charge in [0.25, 0.3) is 0 Å². The van der Waals surface area contributed by atoms with Crippen LogP contribution in [-0.2, 0) is 4.74 Å². The first kappa shape index (κ1) is 7.36. The van der Waals surface area contributed by atoms with Crippen molar-refractivity contribution in [3.05, 3.63) is 0 Å². The average molecular weight is 149 g/mol. The molecule has 0 aromatic carbocycles. The second-order valence-corrected chi connectivity index (χ2v) is 3.53. The third-order valence-corrected chi connectivity index (χ3v) is 2.60. The summed E-state index contributed by atoms with van der Waals surface area (Å²) in [6, 6.07) is 0. The topological polar surface area (TPSA) is 9.23 Å². The molecule has 0 aromatic rings. The van der Waals surface area contributed by atoms with Gasteiger partial charge >= 0.3 is 0 Å². The molecule has 1 aliphatic rings. The van der Waals surface area contributed by atoms with E-state index in [4.69, 9.17) is 16.3 Å². The Morgan fingerprint density at radius 3 is 2.44 bits per heavy atom. The molecule has 1 heterocycles. The lowest BCUT2D eigenvalue weighted by molar-refractivity contribution is 0.0384. The zero-order chi connectivity index (χ0) is 6.91. The van der Waals surface area contributed by atoms with Gasteiger partial charge in [0, 0.05) is 6.61 Å². The van der Waals surface area contributed by atoms with Crippen molar-refractivity contribution in [2.45, 2.75) is 31.7 Å². The van der Waals surface area contributed by atoms with Gasteiger partial charge in [-0.05, 0) is 18.8 Å². The molecule has 0 spiro atoms. The molecule has 9 heavy (non-hydrogen) atoms. The Balaban J connectivity index is 2.51. The van der Waals surface area contributed by atoms with Crippen LogP contribution in [0.3, 0.4) is 0 Å². The normalized spacial score (nSPS) is 36.0. The molecule has 1 aliphatic heterocycles. The molecule has 0 saturated carbocycles. The van der Waals surface area contributed by atoms with Gasteiger partial charge in [-0.2, -0.15) is 0 Å². The lowest BCUT2D eigenvalue weighted by atomic mass is 10.0. The molecular formula is C7H13ClO. The van der Waals surface area contributed by atoms with Crippen LogP contribution in [0.5, 0.6) is 0 Å². The Labute approximate surface area is 61.3 Å². The van der Waals surface area contributed by atoms with Crippen LogP contribution >= 0.6 is 11.6 Å². The Bertz CT molecular complexity index is 95.1. The summed E-state index contributed by atoms with van der Waals surface area (Å²) in [5, 5.41) is -0.333. The number of hydrogen-bond acceptors (Lipinski definition) is 1. The minimum Gasteiger partial charge on any atom is -0.360 e. The number of halogens is 1. The summed E-state index contributed by atoms with van der Waals surface area (Å²) in [5.41, 5.74) is 0. The molecule has 0 N–H and O–H groups in total. The highest BCUT2D eigenvalue weighted by molar-refractivity contribution is 6.23. The van der Waals surface area contributed by atoms with Crippen LogP contribution in [0.4, 0.5) is 0 Å². The Morgan fingerprint density at radius 1 is 1.56 bits per heavy atom. The van der Waals surface area contributed by atoms with Crippen molar-refractivity contribution in [2.75, 3.05) is 6.61 Å². The second kappa shape index (κ2) is 2.47. The van der Waals surface area contributed by atoms with Crippen LogP contribution in [0.25, 0.3) is 0 Å². The Morgan fingerprint density at radius 2 is 2.22 bits per heavy atom. The number of rotatable bonds is 1. The van der Waals surface area contributed by atoms with Gasteiger partial charge < -0.3 is 4.74 Å². The van der Waals surface area contributed by atoms with Gasteiger partial charge in [-0.25, -0.2) is 0 Å². The van der Waals surface area contributed by atoms with Gasteiger partial charge in [0.05, 0.1) is 0 Å². The van der Waals surface area contributed by atoms with Crippen molar-refractivity contribution in [3.8, 4) is 0 Å². The second-order valence-electron chi connectivity index (χ2n) is 2.89. The molecule has 1 unspecified atom stereocenters. The van der Waals surface area contributed by atoms with Crippen molar-refractivity contribution in [3.63, 3.8) is 0 Å². The highest BCUT2D eigenvalue weighted by Gasteiger charge is 2.35. The minimum absolute atomic E-state index is 0.333. The Kier molecular flexibility index (Phi) is 2.02. The molecule has 1 saturated heterocycles. The molecule has 1 rings (SSSR count). The highest BCUT2D eigenvalue weighted by atomic mass is 35.5. The van der Waals surface area contributed by atoms with E-state index in [0.717, 1.165) is 19.4 Å². The first-order valence-corrected chi connectivity index (χ1v) is 3.86. The molecular weight excluding hydrogens is 136 g/mol. The summed E-state index contributed by atoms with van der Waals surface area (Å²) in [4.78, 5) is 0. The first-order valence-electron chi connectivity index (χ1n) is 3.48. The molecule has 1 atom stereocenters. The van der Waals surface area contributed by atoms with Crippen LogP contribution in [0.2, 0.25) is 0 Å². The van der Waals surface area contributed by atoms with Crippen LogP contribution in [-0.4, -0.2) is 11.7 Å². The van der Waals surface area contributed by atoms with Crippen LogP contribution in [0.1, 0.15) is 26.7 Å². The monoisotopic (exact) mass is 148 g/mol. The van der Waals surface area contributed by atoms with E-state index in [9.17, 15) is 0 Å². The van der Waals surface area contributed by atoms with Gasteiger partial charge in [0.1, 0.15) is 5.06 Å². The quantitative estimate of drug-likeness (QED) is 0.519. The average Bonchev–Trinajstić information content (AvgIpc) is 2.16. The van der Waals surface area contributed by atoms with Gasteiger partial charge in [0.15, 0.2) is 0 Å². The summed E-state index contributed by atoms with van der Waals surface area (Å²) >= 11 is 6.08. The molecule has 0 radical (unpaired) electrons. The standard InChI is InChI=1S/C7H13ClO/c1-6(2)7(8)4-3-5-9-7/h6H,3-5H2,1-2H3. The maximum absolute atomic E-state index is 6.08. The summed E-state index contributed by atoms with van der Waals surface area (Å²) in [6.45, 7) is 5.03. The molecule has 0 bridgehead atoms. The molecule has 1 fully saturated rings. The summed E-state index contributed by atoms with van der Waals surface area (Å²) in [6.07, 6.45) is 2.12. The van der Waals surface area contributed by atoms with Crippen molar-refractivity contribution in [2.24, 2.45) is 5.92 Å². The minimum atomic E-state index is -0.333. The third-order valence-electron chi connectivity index (χ3n) is 1.87. The SMILES string of the molecule is CC(C)C1(Cl)CCCO1. The van der Waals surface area contributed by atoms with E-state index in [1.165, 1.54) is 0 Å². The molecule has 1 nitrogen and oxygen atoms in total. The molecule has 0 amide bonds. The molecule has 2 heteroatoms. The van der Waals surface area contributed by atoms with Crippen LogP contribution in [0.15, 0.2) is 0 Å². The predicted octanol–water partition coefficient (Wildman–Crippen LogP) is 2.39. The van der Waals surface area contributed by atoms with Gasteiger partial charge in [-0.3, -0.25) is 0 Å². The lowest BCUT2D eigenvalue weighted by Crippen LogP contribution is -2.26. The summed E-state index contributed by atoms with van der Waals surface area (Å²) < 4.78 is 5.37. The van der Waals surface area contributed by atoms with E-state index < -0.39 is 0 Å². The Hall–Kier alpha value is 0.250. The number of ether oxygens (including phenoxy) is 1. The zero-order valence-corrected chi connectivity index (χ0v) is 6.74. The largest absolute Gasteiger partial charge is 0.360 e. The van der Waals surface area contributed by atoms with Gasteiger partial charge in [-0.1, -0.05) is 25.4 Å². The van der Waals surface area contributed by atoms with Gasteiger partial charge in [0.2, 0.25) is 0 Å². The summed E-state index contributed by atoms with van der Waals surface area (Å²) in [5.74, 6) is 0.432. The van der Waals surface area contributed by atoms with E-state index in [0.29, 0.717) is 5.92 Å². The van der Waals surface area contributed by atoms with E-state index in [1.807, 2.05) is 0 Å². The van der Waals surface area contributed by atoms with Crippen LogP contribution < -0.4 is 0 Å². The predicted molar refractivity (Wildman–Crippen MR) is 38.6 cm³/mol. The number of hydrogen-bond donors (Lipinski definition) is 0. The third kappa shape index (κ3) is 1.39. The maximum atomic E-state index is 6.08. The molecule has 54 valence electrons. The fraction of sp³-hybridized carbons (Fsp3) is 1.00. The highest BCUT2D eigenvalue weighted by Crippen LogP contribution is 2.36. The molecule has 0 aliphatic carbocycles. The van der Waals surface area contributed by atoms with Crippen molar-refractivity contribution < 1.29 is 4.74 Å². The van der Waals surface area contributed by atoms with Crippen molar-refractivity contribution in [1.82, 2.24) is 0 Å². The first-order chi connectivity index (χ1) is 4.15. The van der Waals surface area contributed by atoms with E-state index in [2.05, 4.69) is 13.8 Å². The zero-order valence-electron chi connectivity index (χ0n) is 5.98. The van der Waals surface area contributed by atoms with E-state index in [-0.39, 0.29) is 5.06 Å². The van der Waals surface area contributed by atoms with Gasteiger partial charge in [-0.15, -0.1) is 0 Å². The van der Waals surface area contributed by atoms with Crippen molar-refractivity contribution >= 4 is 11.6 Å². The maximum Gasteiger partial charge on any atom is 0.144 e. The van der Waals surface area contributed by atoms with Crippen molar-refractivity contribution in [1.29, 1.82) is 0 Å².